The van der Waals surface area contributed by atoms with Gasteiger partial charge in [0.05, 0.1) is 20.0 Å². The molecule has 10 heteroatoms. The largest absolute Gasteiger partial charge is 0.467 e. The molecular weight excluding hydrogens is 506 g/mol. The predicted molar refractivity (Wildman–Crippen MR) is 148 cm³/mol. The van der Waals surface area contributed by atoms with Gasteiger partial charge < -0.3 is 14.6 Å². The zero-order chi connectivity index (χ0) is 26.0. The Bertz CT molecular complexity index is 1340. The van der Waals surface area contributed by atoms with Crippen LogP contribution in [0.5, 0.6) is 0 Å². The number of methoxy groups -OCH3 is 1. The fraction of sp³-hybridized carbons (Fsp3) is 0.222. The summed E-state index contributed by atoms with van der Waals surface area (Å²) in [5, 5.41) is 5.72. The van der Waals surface area contributed by atoms with Crippen LogP contribution in [0.4, 0.5) is 0 Å². The number of rotatable bonds is 11. The number of hydrogen-bond acceptors (Lipinski definition) is 8. The normalized spacial score (nSPS) is 12.2. The Hall–Kier alpha value is -3.76. The van der Waals surface area contributed by atoms with Crippen LogP contribution in [0.2, 0.25) is 0 Å². The molecule has 0 bridgehead atoms. The third-order valence-electron chi connectivity index (χ3n) is 5.62. The highest BCUT2D eigenvalue weighted by atomic mass is 32.2. The van der Waals surface area contributed by atoms with E-state index < -0.39 is 12.0 Å². The molecule has 0 saturated heterocycles. The van der Waals surface area contributed by atoms with E-state index in [4.69, 9.17) is 4.74 Å². The maximum atomic E-state index is 13.4. The number of ether oxygens (including phenoxy) is 1. The van der Waals surface area contributed by atoms with Crippen LogP contribution in [0.25, 0.3) is 22.8 Å². The summed E-state index contributed by atoms with van der Waals surface area (Å²) in [5.74, 6) is -0.0858. The predicted octanol–water partition coefficient (Wildman–Crippen LogP) is 4.67. The molecule has 1 unspecified atom stereocenters. The molecule has 4 aromatic rings. The summed E-state index contributed by atoms with van der Waals surface area (Å²) in [6.07, 6.45) is 15.1. The molecule has 1 amide bonds. The maximum absolute atomic E-state index is 13.4. The van der Waals surface area contributed by atoms with Gasteiger partial charge >= 0.3 is 5.97 Å². The lowest BCUT2D eigenvalue weighted by atomic mass is 9.96. The molecule has 0 aliphatic carbocycles. The van der Waals surface area contributed by atoms with Crippen molar-refractivity contribution < 1.29 is 14.3 Å². The second-order valence-corrected chi connectivity index (χ2v) is 10.00. The first-order valence-corrected chi connectivity index (χ1v) is 13.8. The summed E-state index contributed by atoms with van der Waals surface area (Å²) in [6.45, 7) is 0.605. The minimum Gasteiger partial charge on any atom is -0.467 e. The molecule has 0 radical (unpaired) electrons. The standard InChI is InChI=1S/C27H27N5O3S2/c1-35-27(34)24(7-12-36-2)31-25(33)22-6-5-19(15-23(22)20-4-3-8-28-16-20)14-21(26-30-10-13-37-26)17-32-11-9-29-18-32/h3-6,8-11,13-16,18,24H,7,12,17H2,1-2H3,(H,31,33)/b21-14-. The number of pyridine rings is 1. The number of esters is 1. The molecule has 1 aromatic carbocycles. The van der Waals surface area contributed by atoms with Gasteiger partial charge in [0.25, 0.3) is 5.91 Å². The number of thiazole rings is 1. The van der Waals surface area contributed by atoms with Crippen LogP contribution in [-0.2, 0) is 16.1 Å². The van der Waals surface area contributed by atoms with E-state index in [1.807, 2.05) is 46.7 Å². The van der Waals surface area contributed by atoms with Gasteiger partial charge in [0.15, 0.2) is 0 Å². The minimum atomic E-state index is -0.724. The summed E-state index contributed by atoms with van der Waals surface area (Å²) in [7, 11) is 1.33. The highest BCUT2D eigenvalue weighted by Gasteiger charge is 2.23. The average Bonchev–Trinajstić information content (AvgIpc) is 3.65. The molecule has 0 fully saturated rings. The van der Waals surface area contributed by atoms with Gasteiger partial charge in [-0.15, -0.1) is 11.3 Å². The Morgan fingerprint density at radius 3 is 2.78 bits per heavy atom. The lowest BCUT2D eigenvalue weighted by Crippen LogP contribution is -2.42. The average molecular weight is 534 g/mol. The summed E-state index contributed by atoms with van der Waals surface area (Å²) >= 11 is 3.17. The molecular formula is C27H27N5O3S2. The number of hydrogen-bond donors (Lipinski definition) is 1. The van der Waals surface area contributed by atoms with E-state index in [1.165, 1.54) is 7.11 Å². The van der Waals surface area contributed by atoms with Crippen LogP contribution in [0, 0.1) is 0 Å². The molecule has 3 heterocycles. The van der Waals surface area contributed by atoms with Crippen LogP contribution in [0.15, 0.2) is 73.0 Å². The van der Waals surface area contributed by atoms with Gasteiger partial charge in [-0.25, -0.2) is 14.8 Å². The molecule has 1 N–H and O–H groups in total. The lowest BCUT2D eigenvalue weighted by Gasteiger charge is -2.18. The fourth-order valence-corrected chi connectivity index (χ4v) is 4.93. The van der Waals surface area contributed by atoms with Gasteiger partial charge in [-0.2, -0.15) is 11.8 Å². The Morgan fingerprint density at radius 1 is 1.22 bits per heavy atom. The van der Waals surface area contributed by atoms with Crippen LogP contribution in [0.1, 0.15) is 27.3 Å². The summed E-state index contributed by atoms with van der Waals surface area (Å²) < 4.78 is 6.89. The Labute approximate surface area is 223 Å². The Balaban J connectivity index is 1.71. The number of allylic oxidation sites excluding steroid dienone is 1. The first kappa shape index (κ1) is 26.3. The smallest absolute Gasteiger partial charge is 0.328 e. The van der Waals surface area contributed by atoms with Gasteiger partial charge in [0, 0.05) is 53.1 Å². The number of nitrogens with zero attached hydrogens (tertiary/aromatic N) is 4. The van der Waals surface area contributed by atoms with Crippen molar-refractivity contribution in [3.63, 3.8) is 0 Å². The van der Waals surface area contributed by atoms with E-state index in [1.54, 1.807) is 60.3 Å². The van der Waals surface area contributed by atoms with Crippen molar-refractivity contribution in [3.8, 4) is 11.1 Å². The van der Waals surface area contributed by atoms with Crippen molar-refractivity contribution in [1.82, 2.24) is 24.8 Å². The number of carbonyl (C=O) groups is 2. The lowest BCUT2D eigenvalue weighted by molar-refractivity contribution is -0.142. The molecule has 190 valence electrons. The van der Waals surface area contributed by atoms with Gasteiger partial charge in [0.1, 0.15) is 11.0 Å². The van der Waals surface area contributed by atoms with Crippen molar-refractivity contribution in [2.75, 3.05) is 19.1 Å². The number of amides is 1. The van der Waals surface area contributed by atoms with E-state index in [2.05, 4.69) is 26.3 Å². The van der Waals surface area contributed by atoms with Crippen LogP contribution in [-0.4, -0.2) is 56.6 Å². The van der Waals surface area contributed by atoms with Crippen molar-refractivity contribution >= 4 is 46.6 Å². The zero-order valence-electron chi connectivity index (χ0n) is 20.5. The number of nitrogens with one attached hydrogen (secondary N) is 1. The topological polar surface area (TPSA) is 99.0 Å². The molecule has 0 aliphatic heterocycles. The van der Waals surface area contributed by atoms with Crippen molar-refractivity contribution in [1.29, 1.82) is 0 Å². The van der Waals surface area contributed by atoms with Crippen LogP contribution >= 0.6 is 23.1 Å². The third kappa shape index (κ3) is 6.93. The SMILES string of the molecule is COC(=O)C(CCSC)NC(=O)c1ccc(/C=C(/Cn2ccnc2)c2nccs2)cc1-c1cccnc1. The van der Waals surface area contributed by atoms with Crippen molar-refractivity contribution in [2.45, 2.75) is 19.0 Å². The molecule has 0 aliphatic rings. The van der Waals surface area contributed by atoms with E-state index in [0.29, 0.717) is 24.1 Å². The second-order valence-electron chi connectivity index (χ2n) is 8.12. The fourth-order valence-electron chi connectivity index (χ4n) is 3.81. The summed E-state index contributed by atoms with van der Waals surface area (Å²) in [4.78, 5) is 38.6. The first-order valence-electron chi connectivity index (χ1n) is 11.6. The van der Waals surface area contributed by atoms with E-state index in [0.717, 1.165) is 27.5 Å². The molecule has 0 saturated carbocycles. The molecule has 0 spiro atoms. The molecule has 3 aromatic heterocycles. The zero-order valence-corrected chi connectivity index (χ0v) is 22.2. The van der Waals surface area contributed by atoms with Crippen LogP contribution in [0.3, 0.4) is 0 Å². The molecule has 1 atom stereocenters. The summed E-state index contributed by atoms with van der Waals surface area (Å²) in [5.41, 5.74) is 3.90. The Kier molecular flexibility index (Phi) is 9.23. The van der Waals surface area contributed by atoms with Gasteiger partial charge in [-0.05, 0) is 53.8 Å². The van der Waals surface area contributed by atoms with E-state index in [-0.39, 0.29) is 5.91 Å². The Morgan fingerprint density at radius 2 is 2.11 bits per heavy atom. The van der Waals surface area contributed by atoms with E-state index in [9.17, 15) is 9.59 Å². The minimum absolute atomic E-state index is 0.343. The quantitative estimate of drug-likeness (QED) is 0.280. The monoisotopic (exact) mass is 533 g/mol. The highest BCUT2D eigenvalue weighted by Crippen LogP contribution is 2.28. The number of carbonyl (C=O) groups excluding carboxylic acids is 2. The number of aromatic nitrogens is 4. The van der Waals surface area contributed by atoms with Crippen molar-refractivity contribution in [3.05, 3.63) is 89.2 Å². The molecule has 8 nitrogen and oxygen atoms in total. The summed E-state index contributed by atoms with van der Waals surface area (Å²) in [6, 6.07) is 8.65. The van der Waals surface area contributed by atoms with Gasteiger partial charge in [0.2, 0.25) is 0 Å². The second kappa shape index (κ2) is 13.0. The molecule has 37 heavy (non-hydrogen) atoms. The highest BCUT2D eigenvalue weighted by molar-refractivity contribution is 7.98. The maximum Gasteiger partial charge on any atom is 0.328 e. The number of imidazole rings is 1. The van der Waals surface area contributed by atoms with Gasteiger partial charge in [-0.3, -0.25) is 9.78 Å². The number of benzene rings is 1. The number of thioether (sulfide) groups is 1. The van der Waals surface area contributed by atoms with Gasteiger partial charge in [-0.1, -0.05) is 12.1 Å². The first-order chi connectivity index (χ1) is 18.1. The van der Waals surface area contributed by atoms with Crippen LogP contribution < -0.4 is 5.32 Å². The molecule has 4 rings (SSSR count). The van der Waals surface area contributed by atoms with E-state index >= 15 is 0 Å². The van der Waals surface area contributed by atoms with Crippen molar-refractivity contribution in [2.24, 2.45) is 0 Å². The third-order valence-corrected chi connectivity index (χ3v) is 7.12.